The summed E-state index contributed by atoms with van der Waals surface area (Å²) in [4.78, 5) is 22.7. The number of nitrogens with zero attached hydrogens (tertiary/aromatic N) is 3. The molecule has 0 amide bonds. The SMILES string of the molecule is Nc1c(-c2cc(Cc3ccc(Oc4nc(F)c(F)cc4F)cc3)no2)ccc[n+]1COP(=O)([O-])O. The molecule has 14 heteroatoms. The minimum absolute atomic E-state index is 0.114. The fraction of sp³-hybridized carbons (Fsp3) is 0.0952. The zero-order valence-electron chi connectivity index (χ0n) is 17.6. The van der Waals surface area contributed by atoms with Crippen LogP contribution in [0.3, 0.4) is 0 Å². The first-order chi connectivity index (χ1) is 16.6. The first-order valence-electron chi connectivity index (χ1n) is 9.79. The van der Waals surface area contributed by atoms with E-state index in [1.54, 1.807) is 30.3 Å². The van der Waals surface area contributed by atoms with Crippen molar-refractivity contribution in [1.29, 1.82) is 0 Å². The van der Waals surface area contributed by atoms with E-state index < -0.39 is 38.0 Å². The topological polar surface area (TPSA) is 148 Å². The number of aromatic nitrogens is 3. The van der Waals surface area contributed by atoms with Gasteiger partial charge in [-0.2, -0.15) is 9.37 Å². The summed E-state index contributed by atoms with van der Waals surface area (Å²) in [5.41, 5.74) is 7.77. The summed E-state index contributed by atoms with van der Waals surface area (Å²) >= 11 is 0. The lowest BCUT2D eigenvalue weighted by atomic mass is 10.1. The summed E-state index contributed by atoms with van der Waals surface area (Å²) in [7, 11) is -4.93. The van der Waals surface area contributed by atoms with E-state index in [4.69, 9.17) is 19.9 Å². The third kappa shape index (κ3) is 6.03. The number of nitrogens with two attached hydrogens (primary N) is 1. The molecule has 0 radical (unpaired) electrons. The molecule has 0 aliphatic rings. The quantitative estimate of drug-likeness (QED) is 0.208. The second-order valence-electron chi connectivity index (χ2n) is 7.16. The molecule has 3 heterocycles. The Hall–Kier alpha value is -3.77. The van der Waals surface area contributed by atoms with Gasteiger partial charge in [-0.05, 0) is 29.8 Å². The highest BCUT2D eigenvalue weighted by molar-refractivity contribution is 7.44. The van der Waals surface area contributed by atoms with Crippen molar-refractivity contribution in [1.82, 2.24) is 10.1 Å². The van der Waals surface area contributed by atoms with Gasteiger partial charge in [0.2, 0.25) is 0 Å². The summed E-state index contributed by atoms with van der Waals surface area (Å²) in [5.74, 6) is -4.16. The Kier molecular flexibility index (Phi) is 6.85. The average molecular weight is 508 g/mol. The molecule has 0 spiro atoms. The van der Waals surface area contributed by atoms with E-state index in [9.17, 15) is 22.6 Å². The van der Waals surface area contributed by atoms with Gasteiger partial charge in [0.05, 0.1) is 11.9 Å². The molecule has 4 aromatic rings. The molecule has 0 bridgehead atoms. The number of ether oxygens (including phenoxy) is 1. The number of pyridine rings is 2. The molecule has 3 N–H and O–H groups in total. The van der Waals surface area contributed by atoms with Crippen molar-refractivity contribution in [2.75, 3.05) is 5.73 Å². The van der Waals surface area contributed by atoms with Gasteiger partial charge in [0, 0.05) is 18.6 Å². The molecule has 0 fully saturated rings. The van der Waals surface area contributed by atoms with Gasteiger partial charge in [0.15, 0.2) is 24.1 Å². The van der Waals surface area contributed by atoms with E-state index in [-0.39, 0.29) is 11.6 Å². The fourth-order valence-corrected chi connectivity index (χ4v) is 3.31. The van der Waals surface area contributed by atoms with Gasteiger partial charge in [-0.3, -0.25) is 14.8 Å². The van der Waals surface area contributed by atoms with Crippen molar-refractivity contribution in [3.05, 3.63) is 83.6 Å². The lowest BCUT2D eigenvalue weighted by Gasteiger charge is -2.14. The summed E-state index contributed by atoms with van der Waals surface area (Å²) in [6, 6.07) is 11.5. The third-order valence-corrected chi connectivity index (χ3v) is 5.12. The Balaban J connectivity index is 1.45. The standard InChI is InChI=1S/C21H16F3N4O6P/c22-16-10-17(23)21(26-19(16)24)33-14-5-3-12(4-6-14)8-13-9-18(34-27-13)15-2-1-7-28(20(15)25)11-32-35(29,30)31/h1-7,9-10,25H,8,11H2,(H2,29,30,31). The second kappa shape index (κ2) is 9.84. The highest BCUT2D eigenvalue weighted by atomic mass is 31.2. The Bertz CT molecular complexity index is 1410. The number of benzene rings is 1. The van der Waals surface area contributed by atoms with Crippen LogP contribution in [0.2, 0.25) is 0 Å². The van der Waals surface area contributed by atoms with Crippen LogP contribution in [0, 0.1) is 17.6 Å². The molecule has 35 heavy (non-hydrogen) atoms. The molecule has 182 valence electrons. The van der Waals surface area contributed by atoms with Crippen molar-refractivity contribution < 1.29 is 45.9 Å². The highest BCUT2D eigenvalue weighted by Gasteiger charge is 2.18. The lowest BCUT2D eigenvalue weighted by Crippen LogP contribution is -2.38. The number of hydrogen-bond donors (Lipinski definition) is 2. The van der Waals surface area contributed by atoms with Crippen LogP contribution in [-0.4, -0.2) is 15.0 Å². The molecule has 0 aliphatic carbocycles. The summed E-state index contributed by atoms with van der Waals surface area (Å²) < 4.78 is 66.9. The molecule has 3 aromatic heterocycles. The van der Waals surface area contributed by atoms with Crippen LogP contribution >= 0.6 is 7.82 Å². The first-order valence-corrected chi connectivity index (χ1v) is 11.3. The van der Waals surface area contributed by atoms with Crippen LogP contribution in [-0.2, 0) is 22.2 Å². The van der Waals surface area contributed by atoms with Gasteiger partial charge in [0.1, 0.15) is 11.3 Å². The number of halogens is 3. The monoisotopic (exact) mass is 508 g/mol. The van der Waals surface area contributed by atoms with Crippen molar-refractivity contribution in [2.45, 2.75) is 13.2 Å². The van der Waals surface area contributed by atoms with Crippen LogP contribution in [0.25, 0.3) is 11.3 Å². The number of rotatable bonds is 8. The number of phosphoric ester groups is 1. The molecule has 1 aromatic carbocycles. The van der Waals surface area contributed by atoms with E-state index in [2.05, 4.69) is 14.7 Å². The normalized spacial score (nSPS) is 12.9. The van der Waals surface area contributed by atoms with Gasteiger partial charge in [-0.25, -0.2) is 13.3 Å². The van der Waals surface area contributed by atoms with Crippen LogP contribution in [0.4, 0.5) is 19.0 Å². The Labute approximate surface area is 195 Å². The van der Waals surface area contributed by atoms with Gasteiger partial charge >= 0.3 is 0 Å². The van der Waals surface area contributed by atoms with E-state index >= 15 is 0 Å². The maximum Gasteiger partial charge on any atom is 0.285 e. The summed E-state index contributed by atoms with van der Waals surface area (Å²) in [6.45, 7) is -0.531. The van der Waals surface area contributed by atoms with Crippen molar-refractivity contribution in [3.8, 4) is 23.0 Å². The maximum absolute atomic E-state index is 13.7. The van der Waals surface area contributed by atoms with Gasteiger partial charge < -0.3 is 19.0 Å². The van der Waals surface area contributed by atoms with E-state index in [1.807, 2.05) is 0 Å². The smallest absolute Gasteiger partial charge is 0.285 e. The average Bonchev–Trinajstić information content (AvgIpc) is 3.25. The zero-order valence-corrected chi connectivity index (χ0v) is 18.5. The molecule has 0 aliphatic heterocycles. The molecule has 0 saturated carbocycles. The van der Waals surface area contributed by atoms with E-state index in [0.717, 1.165) is 5.56 Å². The highest BCUT2D eigenvalue weighted by Crippen LogP contribution is 2.31. The first kappa shape index (κ1) is 24.4. The molecular weight excluding hydrogens is 492 g/mol. The fourth-order valence-electron chi connectivity index (χ4n) is 3.04. The largest absolute Gasteiger partial charge is 0.756 e. The van der Waals surface area contributed by atoms with Crippen LogP contribution in [0.1, 0.15) is 11.3 Å². The van der Waals surface area contributed by atoms with Gasteiger partial charge in [0.25, 0.3) is 25.5 Å². The summed E-state index contributed by atoms with van der Waals surface area (Å²) in [6.07, 6.45) is 1.79. The van der Waals surface area contributed by atoms with Gasteiger partial charge in [-0.15, -0.1) is 0 Å². The number of phosphoric acid groups is 1. The van der Waals surface area contributed by atoms with Crippen molar-refractivity contribution in [2.24, 2.45) is 0 Å². The van der Waals surface area contributed by atoms with Crippen molar-refractivity contribution in [3.63, 3.8) is 0 Å². The third-order valence-electron chi connectivity index (χ3n) is 4.68. The van der Waals surface area contributed by atoms with Crippen LogP contribution < -0.4 is 19.9 Å². The van der Waals surface area contributed by atoms with E-state index in [0.29, 0.717) is 29.5 Å². The predicted octanol–water partition coefficient (Wildman–Crippen LogP) is 2.84. The molecule has 4 rings (SSSR count). The predicted molar refractivity (Wildman–Crippen MR) is 111 cm³/mol. The Morgan fingerprint density at radius 2 is 1.89 bits per heavy atom. The number of hydrogen-bond acceptors (Lipinski definition) is 8. The molecule has 10 nitrogen and oxygen atoms in total. The van der Waals surface area contributed by atoms with E-state index in [1.165, 1.54) is 22.9 Å². The molecule has 1 unspecified atom stereocenters. The molecular formula is C21H16F3N4O6P. The Morgan fingerprint density at radius 1 is 1.14 bits per heavy atom. The zero-order chi connectivity index (χ0) is 25.2. The minimum Gasteiger partial charge on any atom is -0.756 e. The van der Waals surface area contributed by atoms with Gasteiger partial charge in [-0.1, -0.05) is 17.3 Å². The number of nitrogen functional groups attached to an aromatic ring is 1. The lowest BCUT2D eigenvalue weighted by molar-refractivity contribution is -0.712. The van der Waals surface area contributed by atoms with Crippen molar-refractivity contribution >= 4 is 13.6 Å². The second-order valence-corrected chi connectivity index (χ2v) is 8.35. The number of anilines is 1. The summed E-state index contributed by atoms with van der Waals surface area (Å²) in [5, 5.41) is 3.99. The minimum atomic E-state index is -4.93. The maximum atomic E-state index is 13.7. The Morgan fingerprint density at radius 3 is 2.60 bits per heavy atom. The van der Waals surface area contributed by atoms with Crippen LogP contribution in [0.5, 0.6) is 11.6 Å². The molecule has 1 atom stereocenters. The molecule has 0 saturated heterocycles. The van der Waals surface area contributed by atoms with Crippen LogP contribution in [0.15, 0.2) is 59.3 Å².